The third-order valence-corrected chi connectivity index (χ3v) is 3.24. The van der Waals surface area contributed by atoms with Crippen molar-refractivity contribution in [2.24, 2.45) is 10.8 Å². The zero-order valence-electron chi connectivity index (χ0n) is 14.0. The first-order valence-electron chi connectivity index (χ1n) is 7.53. The largest absolute Gasteiger partial charge is 0.396 e. The van der Waals surface area contributed by atoms with Crippen LogP contribution in [-0.2, 0) is 4.79 Å². The van der Waals surface area contributed by atoms with Crippen LogP contribution in [0.1, 0.15) is 66.2 Å². The Balaban J connectivity index is 0. The van der Waals surface area contributed by atoms with E-state index < -0.39 is 0 Å². The van der Waals surface area contributed by atoms with Gasteiger partial charge in [-0.25, -0.2) is 0 Å². The van der Waals surface area contributed by atoms with Gasteiger partial charge in [0.1, 0.15) is 6.29 Å². The van der Waals surface area contributed by atoms with Crippen molar-refractivity contribution in [2.75, 3.05) is 6.61 Å². The maximum absolute atomic E-state index is 10.4. The quantitative estimate of drug-likeness (QED) is 0.350. The third kappa shape index (κ3) is 15.2. The lowest BCUT2D eigenvalue weighted by molar-refractivity contribution is -0.115. The summed E-state index contributed by atoms with van der Waals surface area (Å²) in [7, 11) is 0. The van der Waals surface area contributed by atoms with Crippen molar-refractivity contribution >= 4 is 6.29 Å². The third-order valence-electron chi connectivity index (χ3n) is 3.24. The van der Waals surface area contributed by atoms with Crippen LogP contribution >= 0.6 is 0 Å². The molecule has 0 aromatic heterocycles. The Labute approximate surface area is 126 Å². The van der Waals surface area contributed by atoms with Gasteiger partial charge in [0.05, 0.1) is 0 Å². The van der Waals surface area contributed by atoms with Crippen molar-refractivity contribution in [1.82, 2.24) is 0 Å². The van der Waals surface area contributed by atoms with E-state index in [-0.39, 0.29) is 17.4 Å². The predicted octanol–water partition coefficient (Wildman–Crippen LogP) is 4.93. The SMILES string of the molecule is C=CCCCC(C)(C)C=O.C=CCCCC(C)(C)CO. The summed E-state index contributed by atoms with van der Waals surface area (Å²) in [6.07, 6.45) is 11.1. The van der Waals surface area contributed by atoms with Crippen LogP contribution in [-0.4, -0.2) is 18.0 Å². The maximum Gasteiger partial charge on any atom is 0.125 e. The number of aldehydes is 1. The zero-order chi connectivity index (χ0) is 16.1. The van der Waals surface area contributed by atoms with Crippen LogP contribution in [0.4, 0.5) is 0 Å². The number of unbranched alkanes of at least 4 members (excludes halogenated alkanes) is 2. The van der Waals surface area contributed by atoms with E-state index in [9.17, 15) is 4.79 Å². The molecule has 0 atom stereocenters. The first-order valence-corrected chi connectivity index (χ1v) is 7.53. The molecular formula is C18H34O2. The fourth-order valence-corrected chi connectivity index (χ4v) is 1.56. The van der Waals surface area contributed by atoms with Crippen LogP contribution in [0.25, 0.3) is 0 Å². The molecule has 0 aliphatic carbocycles. The van der Waals surface area contributed by atoms with Crippen LogP contribution in [0.5, 0.6) is 0 Å². The highest BCUT2D eigenvalue weighted by Crippen LogP contribution is 2.21. The molecular weight excluding hydrogens is 248 g/mol. The lowest BCUT2D eigenvalue weighted by Gasteiger charge is -2.20. The van der Waals surface area contributed by atoms with Crippen LogP contribution in [0.15, 0.2) is 25.3 Å². The summed E-state index contributed by atoms with van der Waals surface area (Å²) < 4.78 is 0. The highest BCUT2D eigenvalue weighted by Gasteiger charge is 2.15. The Morgan fingerprint density at radius 3 is 1.75 bits per heavy atom. The molecule has 0 amide bonds. The topological polar surface area (TPSA) is 37.3 Å². The summed E-state index contributed by atoms with van der Waals surface area (Å²) in [6, 6.07) is 0. The number of hydrogen-bond donors (Lipinski definition) is 1. The summed E-state index contributed by atoms with van der Waals surface area (Å²) in [6.45, 7) is 15.6. The van der Waals surface area contributed by atoms with E-state index >= 15 is 0 Å². The Bertz CT molecular complexity index is 265. The first-order chi connectivity index (χ1) is 9.24. The molecule has 0 spiro atoms. The molecule has 0 saturated carbocycles. The van der Waals surface area contributed by atoms with Gasteiger partial charge in [-0.15, -0.1) is 13.2 Å². The summed E-state index contributed by atoms with van der Waals surface area (Å²) in [5.74, 6) is 0. The standard InChI is InChI=1S/C9H18O.C9H16O/c2*1-4-5-6-7-9(2,3)8-10/h4,10H,1,5-8H2,2-3H3;4,8H,1,5-7H2,2-3H3. The van der Waals surface area contributed by atoms with Gasteiger partial charge < -0.3 is 9.90 Å². The molecule has 0 saturated heterocycles. The Kier molecular flexibility index (Phi) is 12.7. The van der Waals surface area contributed by atoms with Gasteiger partial charge in [-0.2, -0.15) is 0 Å². The molecule has 0 heterocycles. The number of hydrogen-bond acceptors (Lipinski definition) is 2. The Morgan fingerprint density at radius 1 is 0.950 bits per heavy atom. The van der Waals surface area contributed by atoms with Gasteiger partial charge in [0.25, 0.3) is 0 Å². The van der Waals surface area contributed by atoms with Crippen molar-refractivity contribution in [2.45, 2.75) is 66.2 Å². The Hall–Kier alpha value is -0.890. The highest BCUT2D eigenvalue weighted by molar-refractivity contribution is 5.57. The molecule has 0 rings (SSSR count). The second-order valence-corrected chi connectivity index (χ2v) is 6.79. The number of carbonyl (C=O) groups is 1. The monoisotopic (exact) mass is 282 g/mol. The molecule has 20 heavy (non-hydrogen) atoms. The molecule has 0 aliphatic heterocycles. The van der Waals surface area contributed by atoms with Gasteiger partial charge in [0, 0.05) is 12.0 Å². The predicted molar refractivity (Wildman–Crippen MR) is 88.8 cm³/mol. The average molecular weight is 282 g/mol. The fraction of sp³-hybridized carbons (Fsp3) is 0.722. The van der Waals surface area contributed by atoms with E-state index in [2.05, 4.69) is 27.0 Å². The summed E-state index contributed by atoms with van der Waals surface area (Å²) in [4.78, 5) is 10.4. The molecule has 0 unspecified atom stereocenters. The molecule has 0 fully saturated rings. The first kappa shape index (κ1) is 21.4. The molecule has 2 nitrogen and oxygen atoms in total. The average Bonchev–Trinajstić information content (AvgIpc) is 2.40. The van der Waals surface area contributed by atoms with Crippen molar-refractivity contribution in [1.29, 1.82) is 0 Å². The molecule has 0 aromatic carbocycles. The van der Waals surface area contributed by atoms with Crippen molar-refractivity contribution < 1.29 is 9.90 Å². The molecule has 0 radical (unpaired) electrons. The highest BCUT2D eigenvalue weighted by atomic mass is 16.3. The smallest absolute Gasteiger partial charge is 0.125 e. The molecule has 0 bridgehead atoms. The minimum Gasteiger partial charge on any atom is -0.396 e. The number of aliphatic hydroxyl groups excluding tert-OH is 1. The van der Waals surface area contributed by atoms with Crippen molar-refractivity contribution in [3.05, 3.63) is 25.3 Å². The second-order valence-electron chi connectivity index (χ2n) is 6.79. The minimum absolute atomic E-state index is 0.100. The van der Waals surface area contributed by atoms with E-state index in [1.165, 1.54) is 0 Å². The number of aliphatic hydroxyl groups is 1. The van der Waals surface area contributed by atoms with E-state index in [1.54, 1.807) is 0 Å². The van der Waals surface area contributed by atoms with Crippen LogP contribution in [0, 0.1) is 10.8 Å². The fourth-order valence-electron chi connectivity index (χ4n) is 1.56. The summed E-state index contributed by atoms with van der Waals surface area (Å²) in [5, 5.41) is 8.87. The van der Waals surface area contributed by atoms with E-state index in [0.717, 1.165) is 44.8 Å². The van der Waals surface area contributed by atoms with E-state index in [4.69, 9.17) is 5.11 Å². The summed E-state index contributed by atoms with van der Waals surface area (Å²) >= 11 is 0. The van der Waals surface area contributed by atoms with Gasteiger partial charge in [0.2, 0.25) is 0 Å². The van der Waals surface area contributed by atoms with Gasteiger partial charge in [-0.05, 0) is 43.9 Å². The summed E-state index contributed by atoms with van der Waals surface area (Å²) in [5.41, 5.74) is -0.0357. The second kappa shape index (κ2) is 11.9. The zero-order valence-corrected chi connectivity index (χ0v) is 14.0. The van der Waals surface area contributed by atoms with E-state index in [1.807, 2.05) is 26.0 Å². The van der Waals surface area contributed by atoms with Gasteiger partial charge >= 0.3 is 0 Å². The van der Waals surface area contributed by atoms with Crippen LogP contribution in [0.3, 0.4) is 0 Å². The number of carbonyl (C=O) groups excluding carboxylic acids is 1. The molecule has 1 N–H and O–H groups in total. The van der Waals surface area contributed by atoms with Gasteiger partial charge in [-0.3, -0.25) is 0 Å². The van der Waals surface area contributed by atoms with Gasteiger partial charge in [0.15, 0.2) is 0 Å². The van der Waals surface area contributed by atoms with Crippen LogP contribution in [0.2, 0.25) is 0 Å². The molecule has 2 heteroatoms. The number of allylic oxidation sites excluding steroid dienone is 2. The van der Waals surface area contributed by atoms with Crippen LogP contribution < -0.4 is 0 Å². The van der Waals surface area contributed by atoms with Gasteiger partial charge in [-0.1, -0.05) is 39.8 Å². The number of rotatable bonds is 10. The Morgan fingerprint density at radius 2 is 1.40 bits per heavy atom. The molecule has 118 valence electrons. The molecule has 0 aliphatic rings. The van der Waals surface area contributed by atoms with Crippen molar-refractivity contribution in [3.63, 3.8) is 0 Å². The molecule has 0 aromatic rings. The van der Waals surface area contributed by atoms with Crippen molar-refractivity contribution in [3.8, 4) is 0 Å². The normalized spacial score (nSPS) is 11.2. The maximum atomic E-state index is 10.4. The minimum atomic E-state index is -0.136. The lowest BCUT2D eigenvalue weighted by Crippen LogP contribution is -2.15. The van der Waals surface area contributed by atoms with E-state index in [0.29, 0.717) is 0 Å². The lowest BCUT2D eigenvalue weighted by atomic mass is 9.88.